The average molecular weight is 231 g/mol. The molecule has 0 radical (unpaired) electrons. The Bertz CT molecular complexity index is 884. The van der Waals surface area contributed by atoms with Crippen LogP contribution in [0.4, 0.5) is 0 Å². The highest BCUT2D eigenvalue weighted by Gasteiger charge is 2.09. The van der Waals surface area contributed by atoms with Gasteiger partial charge in [-0.15, -0.1) is 0 Å². The van der Waals surface area contributed by atoms with Crippen LogP contribution >= 0.6 is 0 Å². The molecule has 0 saturated carbocycles. The maximum atomic E-state index is 2.30. The van der Waals surface area contributed by atoms with E-state index in [9.17, 15) is 0 Å². The third kappa shape index (κ3) is 1.11. The van der Waals surface area contributed by atoms with Gasteiger partial charge in [0, 0.05) is 28.7 Å². The first kappa shape index (κ1) is 9.72. The lowest BCUT2D eigenvalue weighted by molar-refractivity contribution is 1.02. The van der Waals surface area contributed by atoms with Gasteiger partial charge in [-0.2, -0.15) is 0 Å². The van der Waals surface area contributed by atoms with Crippen molar-refractivity contribution in [1.82, 2.24) is 4.57 Å². The molecular formula is C17H13N. The summed E-state index contributed by atoms with van der Waals surface area (Å²) < 4.78 is 2.30. The number of para-hydroxylation sites is 1. The second kappa shape index (κ2) is 3.36. The predicted octanol–water partition coefficient (Wildman–Crippen LogP) is 4.48. The fourth-order valence-electron chi connectivity index (χ4n) is 2.95. The van der Waals surface area contributed by atoms with Crippen molar-refractivity contribution in [1.29, 1.82) is 0 Å². The first-order chi connectivity index (χ1) is 8.86. The van der Waals surface area contributed by atoms with E-state index in [2.05, 4.69) is 72.3 Å². The third-order valence-electron chi connectivity index (χ3n) is 3.79. The summed E-state index contributed by atoms with van der Waals surface area (Å²) in [6, 6.07) is 21.6. The zero-order valence-corrected chi connectivity index (χ0v) is 10.2. The van der Waals surface area contributed by atoms with Gasteiger partial charge in [0.1, 0.15) is 0 Å². The lowest BCUT2D eigenvalue weighted by Crippen LogP contribution is -1.87. The smallest absolute Gasteiger partial charge is 0.0568 e. The van der Waals surface area contributed by atoms with Crippen molar-refractivity contribution >= 4 is 32.6 Å². The van der Waals surface area contributed by atoms with Crippen molar-refractivity contribution in [2.75, 3.05) is 0 Å². The Balaban J connectivity index is 2.39. The molecule has 3 aromatic carbocycles. The van der Waals surface area contributed by atoms with Gasteiger partial charge in [-0.05, 0) is 11.5 Å². The fraction of sp³-hybridized carbons (Fsp3) is 0.0588. The molecule has 0 atom stereocenters. The number of hydrogen-bond donors (Lipinski definition) is 0. The normalized spacial score (nSPS) is 11.6. The van der Waals surface area contributed by atoms with E-state index >= 15 is 0 Å². The zero-order chi connectivity index (χ0) is 12.1. The first-order valence-electron chi connectivity index (χ1n) is 6.21. The van der Waals surface area contributed by atoms with E-state index in [0.29, 0.717) is 0 Å². The number of hydrogen-bond acceptors (Lipinski definition) is 0. The highest BCUT2D eigenvalue weighted by atomic mass is 14.9. The number of fused-ring (bicyclic) bond motifs is 5. The second-order valence-electron chi connectivity index (χ2n) is 4.76. The largest absolute Gasteiger partial charge is 0.343 e. The van der Waals surface area contributed by atoms with Crippen LogP contribution in [0.2, 0.25) is 0 Å². The van der Waals surface area contributed by atoms with Crippen LogP contribution < -0.4 is 0 Å². The molecule has 0 amide bonds. The summed E-state index contributed by atoms with van der Waals surface area (Å²) in [4.78, 5) is 0. The fourth-order valence-corrected chi connectivity index (χ4v) is 2.95. The van der Waals surface area contributed by atoms with Crippen LogP contribution in [-0.2, 0) is 7.05 Å². The molecule has 1 nitrogen and oxygen atoms in total. The Morgan fingerprint density at radius 3 is 2.28 bits per heavy atom. The van der Waals surface area contributed by atoms with E-state index in [-0.39, 0.29) is 0 Å². The van der Waals surface area contributed by atoms with Crippen molar-refractivity contribution in [3.63, 3.8) is 0 Å². The minimum Gasteiger partial charge on any atom is -0.343 e. The Kier molecular flexibility index (Phi) is 1.81. The molecule has 86 valence electrons. The highest BCUT2D eigenvalue weighted by molar-refractivity contribution is 6.17. The van der Waals surface area contributed by atoms with Crippen molar-refractivity contribution in [3.8, 4) is 0 Å². The standard InChI is InChI=1S/C17H13N/c1-18-16-9-5-4-8-14(16)15-11-10-12-6-2-3-7-13(12)17(15)18/h2-11H,1H3. The second-order valence-corrected chi connectivity index (χ2v) is 4.76. The van der Waals surface area contributed by atoms with Crippen LogP contribution in [0.3, 0.4) is 0 Å². The molecular weight excluding hydrogens is 218 g/mol. The van der Waals surface area contributed by atoms with Gasteiger partial charge < -0.3 is 4.57 Å². The van der Waals surface area contributed by atoms with E-state index < -0.39 is 0 Å². The van der Waals surface area contributed by atoms with E-state index in [1.165, 1.54) is 32.6 Å². The quantitative estimate of drug-likeness (QED) is 0.420. The van der Waals surface area contributed by atoms with Gasteiger partial charge in [0.15, 0.2) is 0 Å². The highest BCUT2D eigenvalue weighted by Crippen LogP contribution is 2.32. The molecule has 0 bridgehead atoms. The number of rotatable bonds is 0. The Morgan fingerprint density at radius 1 is 0.667 bits per heavy atom. The van der Waals surface area contributed by atoms with Gasteiger partial charge in [-0.25, -0.2) is 0 Å². The summed E-state index contributed by atoms with van der Waals surface area (Å²) in [6.07, 6.45) is 0. The van der Waals surface area contributed by atoms with Crippen LogP contribution in [0.1, 0.15) is 0 Å². The summed E-state index contributed by atoms with van der Waals surface area (Å²) in [5.74, 6) is 0. The van der Waals surface area contributed by atoms with Crippen molar-refractivity contribution < 1.29 is 0 Å². The molecule has 4 rings (SSSR count). The zero-order valence-electron chi connectivity index (χ0n) is 10.2. The summed E-state index contributed by atoms with van der Waals surface area (Å²) in [6.45, 7) is 0. The molecule has 0 aliphatic heterocycles. The Hall–Kier alpha value is -2.28. The number of aryl methyl sites for hydroxylation is 1. The molecule has 0 fully saturated rings. The van der Waals surface area contributed by atoms with Gasteiger partial charge in [0.2, 0.25) is 0 Å². The summed E-state index contributed by atoms with van der Waals surface area (Å²) in [5, 5.41) is 5.30. The maximum absolute atomic E-state index is 2.30. The molecule has 18 heavy (non-hydrogen) atoms. The molecule has 0 aliphatic rings. The lowest BCUT2D eigenvalue weighted by Gasteiger charge is -2.02. The molecule has 0 saturated heterocycles. The van der Waals surface area contributed by atoms with Crippen LogP contribution in [0, 0.1) is 0 Å². The molecule has 0 N–H and O–H groups in total. The van der Waals surface area contributed by atoms with Gasteiger partial charge >= 0.3 is 0 Å². The number of aromatic nitrogens is 1. The van der Waals surface area contributed by atoms with Gasteiger partial charge in [0.05, 0.1) is 5.52 Å². The predicted molar refractivity (Wildman–Crippen MR) is 77.9 cm³/mol. The van der Waals surface area contributed by atoms with Crippen LogP contribution in [-0.4, -0.2) is 4.57 Å². The monoisotopic (exact) mass is 231 g/mol. The van der Waals surface area contributed by atoms with Crippen molar-refractivity contribution in [2.45, 2.75) is 0 Å². The minimum absolute atomic E-state index is 1.30. The SMILES string of the molecule is Cn1c2ccccc2c2ccc3ccccc3c21. The average Bonchev–Trinajstić information content (AvgIpc) is 2.73. The van der Waals surface area contributed by atoms with Crippen molar-refractivity contribution in [3.05, 3.63) is 60.7 Å². The van der Waals surface area contributed by atoms with Gasteiger partial charge in [0.25, 0.3) is 0 Å². The summed E-state index contributed by atoms with van der Waals surface area (Å²) >= 11 is 0. The lowest BCUT2D eigenvalue weighted by atomic mass is 10.1. The van der Waals surface area contributed by atoms with Crippen LogP contribution in [0.15, 0.2) is 60.7 Å². The molecule has 0 unspecified atom stereocenters. The Morgan fingerprint density at radius 2 is 1.39 bits per heavy atom. The maximum Gasteiger partial charge on any atom is 0.0568 e. The molecule has 4 aromatic rings. The van der Waals surface area contributed by atoms with E-state index in [1.54, 1.807) is 0 Å². The van der Waals surface area contributed by atoms with Gasteiger partial charge in [-0.1, -0.05) is 54.6 Å². The molecule has 1 heteroatoms. The third-order valence-corrected chi connectivity index (χ3v) is 3.79. The van der Waals surface area contributed by atoms with E-state index in [4.69, 9.17) is 0 Å². The Labute approximate surface area is 105 Å². The number of nitrogens with zero attached hydrogens (tertiary/aromatic N) is 1. The molecule has 0 aliphatic carbocycles. The van der Waals surface area contributed by atoms with Gasteiger partial charge in [-0.3, -0.25) is 0 Å². The number of benzene rings is 3. The van der Waals surface area contributed by atoms with Crippen molar-refractivity contribution in [2.24, 2.45) is 7.05 Å². The molecule has 1 heterocycles. The minimum atomic E-state index is 1.30. The molecule has 1 aromatic heterocycles. The van der Waals surface area contributed by atoms with E-state index in [0.717, 1.165) is 0 Å². The summed E-state index contributed by atoms with van der Waals surface area (Å²) in [5.41, 5.74) is 2.62. The van der Waals surface area contributed by atoms with E-state index in [1.807, 2.05) is 0 Å². The van der Waals surface area contributed by atoms with Crippen LogP contribution in [0.25, 0.3) is 32.6 Å². The summed E-state index contributed by atoms with van der Waals surface area (Å²) in [7, 11) is 2.15. The topological polar surface area (TPSA) is 4.93 Å². The van der Waals surface area contributed by atoms with Crippen LogP contribution in [0.5, 0.6) is 0 Å². The molecule has 0 spiro atoms. The first-order valence-corrected chi connectivity index (χ1v) is 6.21.